The van der Waals surface area contributed by atoms with Crippen molar-refractivity contribution in [3.8, 4) is 0 Å². The molecule has 3 N–H and O–H groups in total. The van der Waals surface area contributed by atoms with Crippen molar-refractivity contribution in [2.24, 2.45) is 5.92 Å². The van der Waals surface area contributed by atoms with E-state index in [9.17, 15) is 9.59 Å². The van der Waals surface area contributed by atoms with Gasteiger partial charge in [-0.3, -0.25) is 9.59 Å². The zero-order valence-electron chi connectivity index (χ0n) is 9.38. The van der Waals surface area contributed by atoms with Crippen LogP contribution in [-0.2, 0) is 9.59 Å². The Hall–Kier alpha value is -1.10. The van der Waals surface area contributed by atoms with Crippen molar-refractivity contribution >= 4 is 11.9 Å². The molecule has 0 aromatic rings. The zero-order chi connectivity index (χ0) is 11.7. The number of rotatable bonds is 8. The smallest absolute Gasteiger partial charge is 0.306 e. The first-order valence-corrected chi connectivity index (χ1v) is 5.22. The molecule has 0 aliphatic heterocycles. The summed E-state index contributed by atoms with van der Waals surface area (Å²) in [4.78, 5) is 21.6. The van der Waals surface area contributed by atoms with E-state index >= 15 is 0 Å². The van der Waals surface area contributed by atoms with E-state index in [0.717, 1.165) is 0 Å². The Bertz CT molecular complexity index is 207. The number of carbonyl (C=O) groups is 2. The highest BCUT2D eigenvalue weighted by atomic mass is 16.4. The van der Waals surface area contributed by atoms with E-state index in [1.807, 2.05) is 0 Å². The highest BCUT2D eigenvalue weighted by Gasteiger charge is 2.09. The fourth-order valence-electron chi connectivity index (χ4n) is 1.09. The van der Waals surface area contributed by atoms with Crippen molar-refractivity contribution in [2.45, 2.75) is 26.2 Å². The molecule has 5 heteroatoms. The Balaban J connectivity index is 3.38. The topological polar surface area (TPSA) is 78.4 Å². The summed E-state index contributed by atoms with van der Waals surface area (Å²) in [6.07, 6.45) is 1.77. The first kappa shape index (κ1) is 13.9. The van der Waals surface area contributed by atoms with Gasteiger partial charge in [-0.15, -0.1) is 0 Å². The number of carboxylic acid groups (broad SMARTS) is 1. The Morgan fingerprint density at radius 1 is 1.33 bits per heavy atom. The summed E-state index contributed by atoms with van der Waals surface area (Å²) in [5.41, 5.74) is 0. The molecule has 0 fully saturated rings. The summed E-state index contributed by atoms with van der Waals surface area (Å²) in [7, 11) is 1.79. The van der Waals surface area contributed by atoms with Crippen LogP contribution in [0.2, 0.25) is 0 Å². The number of hydrogen-bond donors (Lipinski definition) is 3. The molecule has 0 spiro atoms. The maximum Gasteiger partial charge on any atom is 0.306 e. The molecule has 15 heavy (non-hydrogen) atoms. The van der Waals surface area contributed by atoms with Crippen molar-refractivity contribution < 1.29 is 14.7 Å². The van der Waals surface area contributed by atoms with Crippen molar-refractivity contribution in [3.05, 3.63) is 0 Å². The molecule has 0 bridgehead atoms. The molecule has 1 atom stereocenters. The predicted molar refractivity (Wildman–Crippen MR) is 57.6 cm³/mol. The Kier molecular flexibility index (Phi) is 7.62. The molecule has 0 heterocycles. The zero-order valence-corrected chi connectivity index (χ0v) is 9.38. The number of carbonyl (C=O) groups excluding carboxylic acids is 1. The van der Waals surface area contributed by atoms with Crippen molar-refractivity contribution in [2.75, 3.05) is 20.1 Å². The molecule has 0 aliphatic rings. The van der Waals surface area contributed by atoms with Crippen molar-refractivity contribution in [1.82, 2.24) is 10.6 Å². The number of aliphatic carboxylic acids is 1. The molecule has 88 valence electrons. The van der Waals surface area contributed by atoms with Crippen LogP contribution in [-0.4, -0.2) is 37.1 Å². The third-order valence-corrected chi connectivity index (χ3v) is 2.16. The van der Waals surface area contributed by atoms with Gasteiger partial charge in [0.2, 0.25) is 5.91 Å². The fourth-order valence-corrected chi connectivity index (χ4v) is 1.09. The van der Waals surface area contributed by atoms with Crippen LogP contribution in [0.1, 0.15) is 26.2 Å². The van der Waals surface area contributed by atoms with Gasteiger partial charge < -0.3 is 15.7 Å². The molecule has 0 aromatic heterocycles. The van der Waals surface area contributed by atoms with E-state index in [4.69, 9.17) is 5.11 Å². The van der Waals surface area contributed by atoms with Gasteiger partial charge >= 0.3 is 5.97 Å². The predicted octanol–water partition coefficient (Wildman–Crippen LogP) is 0.213. The minimum atomic E-state index is -0.781. The van der Waals surface area contributed by atoms with Crippen LogP contribution < -0.4 is 10.6 Å². The van der Waals surface area contributed by atoms with Crippen molar-refractivity contribution in [1.29, 1.82) is 0 Å². The number of amides is 1. The van der Waals surface area contributed by atoms with Crippen LogP contribution in [0, 0.1) is 5.92 Å². The quantitative estimate of drug-likeness (QED) is 0.507. The van der Waals surface area contributed by atoms with Crippen LogP contribution in [0.25, 0.3) is 0 Å². The number of carboxylic acids is 1. The second kappa shape index (κ2) is 8.23. The van der Waals surface area contributed by atoms with Crippen LogP contribution in [0.4, 0.5) is 0 Å². The van der Waals surface area contributed by atoms with Crippen molar-refractivity contribution in [3.63, 3.8) is 0 Å². The molecule has 0 saturated heterocycles. The third-order valence-electron chi connectivity index (χ3n) is 2.16. The lowest BCUT2D eigenvalue weighted by Crippen LogP contribution is -2.27. The van der Waals surface area contributed by atoms with Gasteiger partial charge in [0.05, 0.1) is 5.92 Å². The summed E-state index contributed by atoms with van der Waals surface area (Å²) < 4.78 is 0. The lowest BCUT2D eigenvalue weighted by atomic mass is 10.1. The van der Waals surface area contributed by atoms with Crippen LogP contribution in [0.5, 0.6) is 0 Å². The van der Waals surface area contributed by atoms with E-state index in [1.54, 1.807) is 14.0 Å². The van der Waals surface area contributed by atoms with E-state index in [2.05, 4.69) is 10.6 Å². The first-order valence-electron chi connectivity index (χ1n) is 5.22. The summed E-state index contributed by atoms with van der Waals surface area (Å²) in [6.45, 7) is 2.89. The molecular formula is C10H20N2O3. The molecule has 0 rings (SSSR count). The largest absolute Gasteiger partial charge is 0.481 e. The normalized spacial score (nSPS) is 12.1. The highest BCUT2D eigenvalue weighted by molar-refractivity contribution is 5.76. The number of nitrogens with one attached hydrogen (secondary N) is 2. The van der Waals surface area contributed by atoms with E-state index < -0.39 is 5.97 Å². The lowest BCUT2D eigenvalue weighted by molar-refractivity contribution is -0.141. The van der Waals surface area contributed by atoms with E-state index in [0.29, 0.717) is 32.4 Å². The van der Waals surface area contributed by atoms with Gasteiger partial charge in [0.15, 0.2) is 0 Å². The minimum Gasteiger partial charge on any atom is -0.481 e. The molecule has 5 nitrogen and oxygen atoms in total. The van der Waals surface area contributed by atoms with Gasteiger partial charge in [-0.25, -0.2) is 0 Å². The first-order chi connectivity index (χ1) is 7.07. The summed E-state index contributed by atoms with van der Waals surface area (Å²) >= 11 is 0. The molecule has 0 aliphatic carbocycles. The van der Waals surface area contributed by atoms with Gasteiger partial charge in [-0.2, -0.15) is 0 Å². The Labute approximate surface area is 90.2 Å². The maximum absolute atomic E-state index is 11.1. The molecule has 0 aromatic carbocycles. The average Bonchev–Trinajstić information content (AvgIpc) is 2.20. The number of hydrogen-bond acceptors (Lipinski definition) is 3. The maximum atomic E-state index is 11.1. The molecule has 0 saturated carbocycles. The minimum absolute atomic E-state index is 0.00679. The van der Waals surface area contributed by atoms with Crippen LogP contribution >= 0.6 is 0 Å². The van der Waals surface area contributed by atoms with Crippen LogP contribution in [0.3, 0.4) is 0 Å². The SMILES string of the molecule is CNCCC(=O)NCCCC(C)C(=O)O. The monoisotopic (exact) mass is 216 g/mol. The van der Waals surface area contributed by atoms with Gasteiger partial charge in [0, 0.05) is 19.5 Å². The molecule has 1 amide bonds. The summed E-state index contributed by atoms with van der Waals surface area (Å²) in [5, 5.41) is 14.2. The standard InChI is InChI=1S/C10H20N2O3/c1-8(10(14)15)4-3-6-12-9(13)5-7-11-2/h8,11H,3-7H2,1-2H3,(H,12,13)(H,14,15). The van der Waals surface area contributed by atoms with Gasteiger partial charge in [0.1, 0.15) is 0 Å². The average molecular weight is 216 g/mol. The van der Waals surface area contributed by atoms with E-state index in [-0.39, 0.29) is 11.8 Å². The summed E-state index contributed by atoms with van der Waals surface area (Å²) in [5.74, 6) is -1.11. The molecule has 1 unspecified atom stereocenters. The molecule has 0 radical (unpaired) electrons. The fraction of sp³-hybridized carbons (Fsp3) is 0.800. The third kappa shape index (κ3) is 7.93. The van der Waals surface area contributed by atoms with Gasteiger partial charge in [0.25, 0.3) is 0 Å². The van der Waals surface area contributed by atoms with E-state index in [1.165, 1.54) is 0 Å². The second-order valence-electron chi connectivity index (χ2n) is 3.59. The Morgan fingerprint density at radius 2 is 2.00 bits per heavy atom. The van der Waals surface area contributed by atoms with Gasteiger partial charge in [-0.05, 0) is 19.9 Å². The second-order valence-corrected chi connectivity index (χ2v) is 3.59. The molecular weight excluding hydrogens is 196 g/mol. The van der Waals surface area contributed by atoms with Gasteiger partial charge in [-0.1, -0.05) is 6.92 Å². The summed E-state index contributed by atoms with van der Waals surface area (Å²) in [6, 6.07) is 0. The van der Waals surface area contributed by atoms with Crippen LogP contribution in [0.15, 0.2) is 0 Å². The highest BCUT2D eigenvalue weighted by Crippen LogP contribution is 2.03. The Morgan fingerprint density at radius 3 is 2.53 bits per heavy atom. The lowest BCUT2D eigenvalue weighted by Gasteiger charge is -2.07.